The van der Waals surface area contributed by atoms with Crippen molar-refractivity contribution in [1.82, 2.24) is 10.3 Å². The van der Waals surface area contributed by atoms with E-state index in [1.807, 2.05) is 6.92 Å². The average Bonchev–Trinajstić information content (AvgIpc) is 2.17. The average molecular weight is 210 g/mol. The predicted molar refractivity (Wildman–Crippen MR) is 54.6 cm³/mol. The molecule has 0 saturated heterocycles. The molecule has 0 unspecified atom stereocenters. The Balaban J connectivity index is 2.43. The Bertz CT molecular complexity index is 353. The number of carboxylic acids is 1. The van der Waals surface area contributed by atoms with E-state index in [4.69, 9.17) is 5.11 Å². The maximum atomic E-state index is 10.2. The van der Waals surface area contributed by atoms with Crippen molar-refractivity contribution in [3.63, 3.8) is 0 Å². The molecule has 0 radical (unpaired) electrons. The van der Waals surface area contributed by atoms with Gasteiger partial charge in [0.1, 0.15) is 5.75 Å². The van der Waals surface area contributed by atoms with Crippen LogP contribution in [0.25, 0.3) is 0 Å². The summed E-state index contributed by atoms with van der Waals surface area (Å²) in [5.74, 6) is -0.715. The number of carbonyl (C=O) groups is 1. The fourth-order valence-corrected chi connectivity index (χ4v) is 1.14. The smallest absolute Gasteiger partial charge is 0.304 e. The van der Waals surface area contributed by atoms with Crippen LogP contribution in [-0.4, -0.2) is 27.7 Å². The molecule has 0 aliphatic carbocycles. The molecule has 0 aromatic carbocycles. The van der Waals surface area contributed by atoms with E-state index >= 15 is 0 Å². The first-order valence-electron chi connectivity index (χ1n) is 4.67. The molecule has 0 bridgehead atoms. The molecular weight excluding hydrogens is 196 g/mol. The van der Waals surface area contributed by atoms with Crippen LogP contribution in [0.2, 0.25) is 0 Å². The summed E-state index contributed by atoms with van der Waals surface area (Å²) in [5.41, 5.74) is 1.36. The first-order valence-corrected chi connectivity index (χ1v) is 4.67. The van der Waals surface area contributed by atoms with E-state index in [0.29, 0.717) is 18.8 Å². The van der Waals surface area contributed by atoms with Gasteiger partial charge in [0.25, 0.3) is 0 Å². The molecule has 1 rings (SSSR count). The molecule has 15 heavy (non-hydrogen) atoms. The van der Waals surface area contributed by atoms with E-state index in [9.17, 15) is 9.90 Å². The van der Waals surface area contributed by atoms with Gasteiger partial charge in [0, 0.05) is 18.8 Å². The van der Waals surface area contributed by atoms with Crippen molar-refractivity contribution in [2.75, 3.05) is 6.54 Å². The number of carboxylic acid groups (broad SMARTS) is 1. The lowest BCUT2D eigenvalue weighted by Gasteiger charge is -2.05. The second-order valence-corrected chi connectivity index (χ2v) is 3.24. The Labute approximate surface area is 87.8 Å². The monoisotopic (exact) mass is 210 g/mol. The Kier molecular flexibility index (Phi) is 4.05. The van der Waals surface area contributed by atoms with Crippen LogP contribution < -0.4 is 5.32 Å². The van der Waals surface area contributed by atoms with Gasteiger partial charge in [-0.05, 0) is 19.1 Å². The number of aromatic hydroxyl groups is 1. The Morgan fingerprint density at radius 3 is 2.93 bits per heavy atom. The lowest BCUT2D eigenvalue weighted by Crippen LogP contribution is -2.18. The van der Waals surface area contributed by atoms with E-state index in [-0.39, 0.29) is 12.2 Å². The zero-order valence-corrected chi connectivity index (χ0v) is 8.53. The highest BCUT2D eigenvalue weighted by atomic mass is 16.4. The summed E-state index contributed by atoms with van der Waals surface area (Å²) in [6.45, 7) is 2.57. The molecular formula is C10H14N2O3. The molecule has 0 saturated carbocycles. The predicted octanol–water partition coefficient (Wildman–Crippen LogP) is 0.660. The van der Waals surface area contributed by atoms with Gasteiger partial charge in [0.05, 0.1) is 12.1 Å². The highest BCUT2D eigenvalue weighted by Gasteiger charge is 2.03. The molecule has 0 atom stereocenters. The summed E-state index contributed by atoms with van der Waals surface area (Å²) in [7, 11) is 0. The maximum Gasteiger partial charge on any atom is 0.304 e. The van der Waals surface area contributed by atoms with Gasteiger partial charge in [-0.1, -0.05) is 0 Å². The summed E-state index contributed by atoms with van der Waals surface area (Å²) in [5, 5.41) is 20.7. The van der Waals surface area contributed by atoms with Gasteiger partial charge >= 0.3 is 5.97 Å². The zero-order valence-electron chi connectivity index (χ0n) is 8.53. The summed E-state index contributed by atoms with van der Waals surface area (Å²) in [4.78, 5) is 14.4. The van der Waals surface area contributed by atoms with Crippen molar-refractivity contribution in [2.24, 2.45) is 0 Å². The SMILES string of the molecule is Cc1ccc(O)c(CNCCC(=O)O)n1. The van der Waals surface area contributed by atoms with Gasteiger partial charge in [-0.3, -0.25) is 9.78 Å². The lowest BCUT2D eigenvalue weighted by atomic mass is 10.3. The number of hydrogen-bond acceptors (Lipinski definition) is 4. The second kappa shape index (κ2) is 5.31. The first kappa shape index (κ1) is 11.5. The largest absolute Gasteiger partial charge is 0.506 e. The van der Waals surface area contributed by atoms with Gasteiger partial charge in [-0.25, -0.2) is 0 Å². The molecule has 3 N–H and O–H groups in total. The number of rotatable bonds is 5. The number of nitrogens with one attached hydrogen (secondary N) is 1. The van der Waals surface area contributed by atoms with Crippen LogP contribution in [0.5, 0.6) is 5.75 Å². The molecule has 5 heteroatoms. The van der Waals surface area contributed by atoms with Crippen molar-refractivity contribution < 1.29 is 15.0 Å². The summed E-state index contributed by atoms with van der Waals surface area (Å²) in [6, 6.07) is 3.30. The van der Waals surface area contributed by atoms with Gasteiger partial charge in [-0.15, -0.1) is 0 Å². The quantitative estimate of drug-likeness (QED) is 0.622. The lowest BCUT2D eigenvalue weighted by molar-refractivity contribution is -0.136. The molecule has 82 valence electrons. The minimum Gasteiger partial charge on any atom is -0.506 e. The number of nitrogens with zero attached hydrogens (tertiary/aromatic N) is 1. The van der Waals surface area contributed by atoms with Crippen molar-refractivity contribution in [3.8, 4) is 5.75 Å². The minimum atomic E-state index is -0.844. The number of hydrogen-bond donors (Lipinski definition) is 3. The molecule has 0 aliphatic heterocycles. The van der Waals surface area contributed by atoms with E-state index in [0.717, 1.165) is 5.69 Å². The highest BCUT2D eigenvalue weighted by molar-refractivity contribution is 5.66. The van der Waals surface area contributed by atoms with Crippen LogP contribution >= 0.6 is 0 Å². The van der Waals surface area contributed by atoms with Crippen LogP contribution in [0, 0.1) is 6.92 Å². The highest BCUT2D eigenvalue weighted by Crippen LogP contribution is 2.13. The molecule has 0 spiro atoms. The van der Waals surface area contributed by atoms with Crippen LogP contribution in [0.1, 0.15) is 17.8 Å². The van der Waals surface area contributed by atoms with Crippen LogP contribution in [0.4, 0.5) is 0 Å². The van der Waals surface area contributed by atoms with E-state index < -0.39 is 5.97 Å². The molecule has 0 aliphatic rings. The van der Waals surface area contributed by atoms with E-state index in [2.05, 4.69) is 10.3 Å². The number of aromatic nitrogens is 1. The Hall–Kier alpha value is -1.62. The Morgan fingerprint density at radius 2 is 2.27 bits per heavy atom. The maximum absolute atomic E-state index is 10.2. The van der Waals surface area contributed by atoms with Crippen LogP contribution in [0.3, 0.4) is 0 Å². The topological polar surface area (TPSA) is 82.5 Å². The van der Waals surface area contributed by atoms with Gasteiger partial charge in [0.2, 0.25) is 0 Å². The van der Waals surface area contributed by atoms with Crippen molar-refractivity contribution in [1.29, 1.82) is 0 Å². The second-order valence-electron chi connectivity index (χ2n) is 3.24. The summed E-state index contributed by atoms with van der Waals surface area (Å²) in [6.07, 6.45) is 0.0621. The summed E-state index contributed by atoms with van der Waals surface area (Å²) < 4.78 is 0. The summed E-state index contributed by atoms with van der Waals surface area (Å²) >= 11 is 0. The standard InChI is InChI=1S/C10H14N2O3/c1-7-2-3-9(13)8(12-7)6-11-5-4-10(14)15/h2-3,11,13H,4-6H2,1H3,(H,14,15). The fraction of sp³-hybridized carbons (Fsp3) is 0.400. The van der Waals surface area contributed by atoms with E-state index in [1.54, 1.807) is 12.1 Å². The van der Waals surface area contributed by atoms with Crippen LogP contribution in [0.15, 0.2) is 12.1 Å². The molecule has 1 aromatic rings. The number of aryl methyl sites for hydroxylation is 1. The normalized spacial score (nSPS) is 10.2. The molecule has 0 fully saturated rings. The van der Waals surface area contributed by atoms with Gasteiger partial charge < -0.3 is 15.5 Å². The minimum absolute atomic E-state index is 0.0621. The number of aliphatic carboxylic acids is 1. The van der Waals surface area contributed by atoms with Gasteiger partial charge in [-0.2, -0.15) is 0 Å². The fourth-order valence-electron chi connectivity index (χ4n) is 1.14. The van der Waals surface area contributed by atoms with Crippen molar-refractivity contribution in [2.45, 2.75) is 19.9 Å². The van der Waals surface area contributed by atoms with Crippen molar-refractivity contribution >= 4 is 5.97 Å². The molecule has 0 amide bonds. The molecule has 1 aromatic heterocycles. The van der Waals surface area contributed by atoms with E-state index in [1.165, 1.54) is 0 Å². The van der Waals surface area contributed by atoms with Gasteiger partial charge in [0.15, 0.2) is 0 Å². The zero-order chi connectivity index (χ0) is 11.3. The third kappa shape index (κ3) is 3.95. The third-order valence-electron chi connectivity index (χ3n) is 1.90. The number of pyridine rings is 1. The third-order valence-corrected chi connectivity index (χ3v) is 1.90. The Morgan fingerprint density at radius 1 is 1.53 bits per heavy atom. The van der Waals surface area contributed by atoms with Crippen molar-refractivity contribution in [3.05, 3.63) is 23.5 Å². The van der Waals surface area contributed by atoms with Crippen LogP contribution in [-0.2, 0) is 11.3 Å². The molecule has 5 nitrogen and oxygen atoms in total. The molecule has 1 heterocycles. The first-order chi connectivity index (χ1) is 7.09.